The van der Waals surface area contributed by atoms with Gasteiger partial charge < -0.3 is 14.7 Å². The molecule has 164 valence electrons. The molecule has 0 atom stereocenters. The predicted octanol–water partition coefficient (Wildman–Crippen LogP) is 3.71. The van der Waals surface area contributed by atoms with E-state index in [4.69, 9.17) is 15.0 Å². The van der Waals surface area contributed by atoms with E-state index in [1.807, 2.05) is 31.3 Å². The van der Waals surface area contributed by atoms with Crippen molar-refractivity contribution in [2.45, 2.75) is 26.8 Å². The summed E-state index contributed by atoms with van der Waals surface area (Å²) < 4.78 is 0. The molecule has 31 heavy (non-hydrogen) atoms. The highest BCUT2D eigenvalue weighted by atomic mass is 15.3. The van der Waals surface area contributed by atoms with Crippen molar-refractivity contribution in [1.82, 2.24) is 24.8 Å². The third-order valence-electron chi connectivity index (χ3n) is 5.53. The number of likely N-dealkylation sites (N-methyl/N-ethyl adjacent to an activating group) is 1. The molecule has 3 rings (SSSR count). The fraction of sp³-hybridized carbons (Fsp3) is 0.400. The van der Waals surface area contributed by atoms with E-state index in [-0.39, 0.29) is 0 Å². The summed E-state index contributed by atoms with van der Waals surface area (Å²) in [5.74, 6) is 1.83. The van der Waals surface area contributed by atoms with Crippen LogP contribution >= 0.6 is 0 Å². The molecular formula is C25H34N6. The van der Waals surface area contributed by atoms with Crippen LogP contribution in [0.5, 0.6) is 0 Å². The van der Waals surface area contributed by atoms with Crippen molar-refractivity contribution in [3.05, 3.63) is 78.1 Å². The molecule has 1 saturated heterocycles. The average Bonchev–Trinajstić information content (AvgIpc) is 2.77. The van der Waals surface area contributed by atoms with Gasteiger partial charge in [0.05, 0.1) is 23.6 Å². The first kappa shape index (κ1) is 22.7. The van der Waals surface area contributed by atoms with Crippen LogP contribution in [0.2, 0.25) is 0 Å². The van der Waals surface area contributed by atoms with Gasteiger partial charge in [-0.15, -0.1) is 0 Å². The Bertz CT molecular complexity index is 941. The molecule has 0 aliphatic carbocycles. The van der Waals surface area contributed by atoms with Gasteiger partial charge in [0.2, 0.25) is 0 Å². The minimum Gasteiger partial charge on any atom is -0.367 e. The lowest BCUT2D eigenvalue weighted by Gasteiger charge is -2.33. The van der Waals surface area contributed by atoms with E-state index in [0.29, 0.717) is 6.54 Å². The Kier molecular flexibility index (Phi) is 7.95. The molecule has 2 aromatic rings. The number of anilines is 1. The number of aromatic nitrogens is 3. The number of rotatable bonds is 8. The fourth-order valence-corrected chi connectivity index (χ4v) is 3.79. The molecule has 0 aromatic carbocycles. The van der Waals surface area contributed by atoms with E-state index in [2.05, 4.69) is 60.5 Å². The van der Waals surface area contributed by atoms with Gasteiger partial charge in [-0.2, -0.15) is 0 Å². The molecular weight excluding hydrogens is 384 g/mol. The summed E-state index contributed by atoms with van der Waals surface area (Å²) in [6.45, 7) is 12.7. The van der Waals surface area contributed by atoms with Gasteiger partial charge in [-0.05, 0) is 38.1 Å². The van der Waals surface area contributed by atoms with Gasteiger partial charge in [0.25, 0.3) is 0 Å². The van der Waals surface area contributed by atoms with Crippen LogP contribution in [0.4, 0.5) is 5.82 Å². The Hall–Kier alpha value is -2.99. The van der Waals surface area contributed by atoms with Crippen LogP contribution in [0, 0.1) is 6.92 Å². The standard InChI is InChI=1S/C25H34N6/c1-6-8-9-12-23(25-21(7-2)11-10-13-26-25)30(5)19-22-18-24(28-20(3)27-22)31-16-14-29(4)15-17-31/h6,8-13,18H,1,7,14-17,19H2,2-5H3/b9-8?,23-12+. The molecule has 0 saturated carbocycles. The maximum Gasteiger partial charge on any atom is 0.132 e. The van der Waals surface area contributed by atoms with Crippen LogP contribution < -0.4 is 4.90 Å². The van der Waals surface area contributed by atoms with Gasteiger partial charge >= 0.3 is 0 Å². The van der Waals surface area contributed by atoms with Gasteiger partial charge in [-0.25, -0.2) is 9.97 Å². The summed E-state index contributed by atoms with van der Waals surface area (Å²) in [6, 6.07) is 6.27. The summed E-state index contributed by atoms with van der Waals surface area (Å²) in [4.78, 5) is 21.1. The number of aryl methyl sites for hydroxylation is 2. The summed E-state index contributed by atoms with van der Waals surface area (Å²) in [5, 5.41) is 0. The van der Waals surface area contributed by atoms with Crippen LogP contribution in [0.25, 0.3) is 5.70 Å². The quantitative estimate of drug-likeness (QED) is 0.609. The smallest absolute Gasteiger partial charge is 0.132 e. The highest BCUT2D eigenvalue weighted by molar-refractivity contribution is 5.65. The molecule has 0 radical (unpaired) electrons. The number of allylic oxidation sites excluding steroid dienone is 4. The number of piperazine rings is 1. The molecule has 0 unspecified atom stereocenters. The number of hydrogen-bond acceptors (Lipinski definition) is 6. The number of pyridine rings is 1. The first-order valence-electron chi connectivity index (χ1n) is 10.9. The van der Waals surface area contributed by atoms with Gasteiger partial charge in [0.15, 0.2) is 0 Å². The summed E-state index contributed by atoms with van der Waals surface area (Å²) in [6.07, 6.45) is 10.6. The van der Waals surface area contributed by atoms with Crippen LogP contribution in [-0.2, 0) is 13.0 Å². The maximum atomic E-state index is 4.73. The normalized spacial score (nSPS) is 15.5. The molecule has 1 aliphatic heterocycles. The zero-order chi connectivity index (χ0) is 22.2. The van der Waals surface area contributed by atoms with Crippen LogP contribution in [0.3, 0.4) is 0 Å². The molecule has 1 fully saturated rings. The summed E-state index contributed by atoms with van der Waals surface area (Å²) in [5.41, 5.74) is 4.31. The zero-order valence-corrected chi connectivity index (χ0v) is 19.3. The summed E-state index contributed by atoms with van der Waals surface area (Å²) >= 11 is 0. The first-order valence-corrected chi connectivity index (χ1v) is 10.9. The monoisotopic (exact) mass is 418 g/mol. The second-order valence-electron chi connectivity index (χ2n) is 7.95. The molecule has 3 heterocycles. The average molecular weight is 419 g/mol. The Morgan fingerprint density at radius 1 is 1.19 bits per heavy atom. The molecule has 2 aromatic heterocycles. The van der Waals surface area contributed by atoms with Crippen molar-refractivity contribution in [3.63, 3.8) is 0 Å². The number of hydrogen-bond donors (Lipinski definition) is 0. The van der Waals surface area contributed by atoms with E-state index in [1.165, 1.54) is 5.56 Å². The highest BCUT2D eigenvalue weighted by Crippen LogP contribution is 2.23. The first-order chi connectivity index (χ1) is 15.0. The van der Waals surface area contributed by atoms with Crippen molar-refractivity contribution in [2.75, 3.05) is 45.2 Å². The topological polar surface area (TPSA) is 48.4 Å². The van der Waals surface area contributed by atoms with E-state index >= 15 is 0 Å². The van der Waals surface area contributed by atoms with E-state index in [9.17, 15) is 0 Å². The van der Waals surface area contributed by atoms with Crippen LogP contribution in [-0.4, -0.2) is 65.0 Å². The van der Waals surface area contributed by atoms with Gasteiger partial charge in [0, 0.05) is 45.5 Å². The van der Waals surface area contributed by atoms with Crippen molar-refractivity contribution in [3.8, 4) is 0 Å². The SMILES string of the molecule is C=CC=C/C=C(\c1ncccc1CC)N(C)Cc1cc(N2CCN(C)CC2)nc(C)n1. The Morgan fingerprint density at radius 3 is 2.68 bits per heavy atom. The van der Waals surface area contributed by atoms with Gasteiger partial charge in [-0.3, -0.25) is 4.98 Å². The second kappa shape index (κ2) is 10.9. The molecule has 0 N–H and O–H groups in total. The Labute approximate surface area is 186 Å². The Balaban J connectivity index is 1.87. The zero-order valence-electron chi connectivity index (χ0n) is 19.3. The molecule has 1 aliphatic rings. The van der Waals surface area contributed by atoms with Crippen molar-refractivity contribution >= 4 is 11.5 Å². The second-order valence-corrected chi connectivity index (χ2v) is 7.95. The summed E-state index contributed by atoms with van der Waals surface area (Å²) in [7, 11) is 4.26. The van der Waals surface area contributed by atoms with Gasteiger partial charge in [0.1, 0.15) is 11.6 Å². The molecule has 0 amide bonds. The molecule has 6 heteroatoms. The van der Waals surface area contributed by atoms with E-state index < -0.39 is 0 Å². The lowest BCUT2D eigenvalue weighted by atomic mass is 10.1. The lowest BCUT2D eigenvalue weighted by Crippen LogP contribution is -2.45. The van der Waals surface area contributed by atoms with Crippen molar-refractivity contribution in [1.29, 1.82) is 0 Å². The van der Waals surface area contributed by atoms with E-state index in [1.54, 1.807) is 6.08 Å². The van der Waals surface area contributed by atoms with E-state index in [0.717, 1.165) is 61.3 Å². The van der Waals surface area contributed by atoms with Crippen molar-refractivity contribution < 1.29 is 0 Å². The van der Waals surface area contributed by atoms with Crippen LogP contribution in [0.15, 0.2) is 55.3 Å². The highest BCUT2D eigenvalue weighted by Gasteiger charge is 2.18. The van der Waals surface area contributed by atoms with Crippen molar-refractivity contribution in [2.24, 2.45) is 0 Å². The molecule has 0 bridgehead atoms. The predicted molar refractivity (Wildman–Crippen MR) is 129 cm³/mol. The molecule has 0 spiro atoms. The minimum atomic E-state index is 0.678. The third-order valence-corrected chi connectivity index (χ3v) is 5.53. The fourth-order valence-electron chi connectivity index (χ4n) is 3.79. The Morgan fingerprint density at radius 2 is 1.97 bits per heavy atom. The minimum absolute atomic E-state index is 0.678. The van der Waals surface area contributed by atoms with Crippen LogP contribution in [0.1, 0.15) is 29.7 Å². The van der Waals surface area contributed by atoms with Gasteiger partial charge in [-0.1, -0.05) is 37.8 Å². The molecule has 6 nitrogen and oxygen atoms in total. The maximum absolute atomic E-state index is 4.73. The third kappa shape index (κ3) is 6.01. The largest absolute Gasteiger partial charge is 0.367 e. The lowest BCUT2D eigenvalue weighted by molar-refractivity contribution is 0.312. The number of nitrogens with zero attached hydrogens (tertiary/aromatic N) is 6.